The first-order valence-corrected chi connectivity index (χ1v) is 11.4. The molecule has 1 aliphatic rings. The van der Waals surface area contributed by atoms with Crippen LogP contribution in [0, 0.1) is 0 Å². The molecule has 168 valence electrons. The van der Waals surface area contributed by atoms with Crippen LogP contribution in [0.1, 0.15) is 63.1 Å². The molecule has 32 heavy (non-hydrogen) atoms. The lowest BCUT2D eigenvalue weighted by atomic mass is 9.82. The van der Waals surface area contributed by atoms with Gasteiger partial charge in [-0.1, -0.05) is 32.9 Å². The summed E-state index contributed by atoms with van der Waals surface area (Å²) in [7, 11) is 0. The van der Waals surface area contributed by atoms with Gasteiger partial charge in [-0.05, 0) is 72.9 Å². The van der Waals surface area contributed by atoms with E-state index in [2.05, 4.69) is 32.9 Å². The molecule has 0 saturated carbocycles. The Balaban J connectivity index is 1.28. The van der Waals surface area contributed by atoms with Crippen molar-refractivity contribution in [1.29, 1.82) is 0 Å². The lowest BCUT2D eigenvalue weighted by molar-refractivity contribution is -0.134. The molecule has 0 N–H and O–H groups in total. The van der Waals surface area contributed by atoms with Crippen molar-refractivity contribution in [3.05, 3.63) is 69.6 Å². The second-order valence-electron chi connectivity index (χ2n) is 9.05. The first-order chi connectivity index (χ1) is 15.4. The fourth-order valence-corrected chi connectivity index (χ4v) is 4.12. The molecule has 0 amide bonds. The van der Waals surface area contributed by atoms with E-state index in [0.29, 0.717) is 24.4 Å². The zero-order chi connectivity index (χ0) is 22.7. The number of aryl methyl sites for hydroxylation is 1. The van der Waals surface area contributed by atoms with Gasteiger partial charge in [0.25, 0.3) is 0 Å². The van der Waals surface area contributed by atoms with Crippen molar-refractivity contribution in [2.45, 2.75) is 64.7 Å². The minimum atomic E-state index is -0.337. The fourth-order valence-electron chi connectivity index (χ4n) is 4.12. The number of benzene rings is 2. The van der Waals surface area contributed by atoms with Gasteiger partial charge in [-0.2, -0.15) is 0 Å². The number of esters is 1. The molecular weight excluding hydrogens is 404 g/mol. The molecule has 1 aliphatic carbocycles. The molecule has 0 saturated heterocycles. The van der Waals surface area contributed by atoms with Gasteiger partial charge in [0.1, 0.15) is 17.1 Å². The molecule has 5 nitrogen and oxygen atoms in total. The predicted octanol–water partition coefficient (Wildman–Crippen LogP) is 5.73. The van der Waals surface area contributed by atoms with Crippen molar-refractivity contribution >= 4 is 16.9 Å². The zero-order valence-corrected chi connectivity index (χ0v) is 19.0. The van der Waals surface area contributed by atoms with E-state index in [9.17, 15) is 9.59 Å². The van der Waals surface area contributed by atoms with Crippen LogP contribution in [0.15, 0.2) is 51.7 Å². The zero-order valence-electron chi connectivity index (χ0n) is 19.0. The van der Waals surface area contributed by atoms with Crippen LogP contribution in [-0.2, 0) is 23.1 Å². The van der Waals surface area contributed by atoms with Crippen LogP contribution in [0.4, 0.5) is 0 Å². The maximum Gasteiger partial charge on any atom is 0.339 e. The van der Waals surface area contributed by atoms with Crippen LogP contribution in [0.2, 0.25) is 0 Å². The summed E-state index contributed by atoms with van der Waals surface area (Å²) in [6.45, 7) is 7.07. The summed E-state index contributed by atoms with van der Waals surface area (Å²) >= 11 is 0. The van der Waals surface area contributed by atoms with Gasteiger partial charge in [-0.3, -0.25) is 4.79 Å². The first-order valence-electron chi connectivity index (χ1n) is 11.4. The number of ether oxygens (including phenoxy) is 2. The van der Waals surface area contributed by atoms with Gasteiger partial charge in [0.05, 0.1) is 6.61 Å². The quantitative estimate of drug-likeness (QED) is 0.196. The van der Waals surface area contributed by atoms with Crippen LogP contribution in [0.3, 0.4) is 0 Å². The molecule has 3 aromatic rings. The molecule has 0 atom stereocenters. The third kappa shape index (κ3) is 4.72. The molecule has 0 fully saturated rings. The van der Waals surface area contributed by atoms with Crippen molar-refractivity contribution in [2.75, 3.05) is 6.61 Å². The number of hydrogen-bond acceptors (Lipinski definition) is 5. The van der Waals surface area contributed by atoms with Gasteiger partial charge >= 0.3 is 11.6 Å². The van der Waals surface area contributed by atoms with Gasteiger partial charge in [0.2, 0.25) is 0 Å². The Labute approximate surface area is 188 Å². The monoisotopic (exact) mass is 434 g/mol. The topological polar surface area (TPSA) is 65.7 Å². The maximum atomic E-state index is 12.2. The van der Waals surface area contributed by atoms with Gasteiger partial charge in [0.15, 0.2) is 0 Å². The molecule has 0 bridgehead atoms. The van der Waals surface area contributed by atoms with Crippen LogP contribution in [0.5, 0.6) is 11.5 Å². The lowest BCUT2D eigenvalue weighted by Crippen LogP contribution is -2.15. The summed E-state index contributed by atoms with van der Waals surface area (Å²) in [5.41, 5.74) is 3.47. The van der Waals surface area contributed by atoms with Crippen LogP contribution in [0.25, 0.3) is 11.0 Å². The van der Waals surface area contributed by atoms with Gasteiger partial charge in [0, 0.05) is 23.4 Å². The van der Waals surface area contributed by atoms with E-state index in [1.165, 1.54) is 5.56 Å². The Bertz CT molecular complexity index is 1170. The Hall–Kier alpha value is -3.08. The molecule has 1 aromatic heterocycles. The number of carbonyl (C=O) groups excluding carboxylic acids is 1. The smallest absolute Gasteiger partial charge is 0.339 e. The molecule has 5 heteroatoms. The Morgan fingerprint density at radius 2 is 1.75 bits per heavy atom. The van der Waals surface area contributed by atoms with E-state index >= 15 is 0 Å². The van der Waals surface area contributed by atoms with Crippen molar-refractivity contribution < 1.29 is 18.7 Å². The Morgan fingerprint density at radius 1 is 1.03 bits per heavy atom. The van der Waals surface area contributed by atoms with Crippen LogP contribution >= 0.6 is 0 Å². The van der Waals surface area contributed by atoms with E-state index in [4.69, 9.17) is 13.9 Å². The fraction of sp³-hybridized carbons (Fsp3) is 0.407. The third-order valence-corrected chi connectivity index (χ3v) is 6.49. The first kappa shape index (κ1) is 22.1. The van der Waals surface area contributed by atoms with Crippen molar-refractivity contribution in [1.82, 2.24) is 0 Å². The second kappa shape index (κ2) is 9.19. The molecule has 0 aliphatic heterocycles. The number of rotatable bonds is 8. The highest BCUT2D eigenvalue weighted by molar-refractivity contribution is 5.84. The molecule has 4 rings (SSSR count). The highest BCUT2D eigenvalue weighted by atomic mass is 16.5. The lowest BCUT2D eigenvalue weighted by Gasteiger charge is -2.23. The summed E-state index contributed by atoms with van der Waals surface area (Å²) in [5, 5.41) is 0.929. The van der Waals surface area contributed by atoms with E-state index < -0.39 is 0 Å². The average molecular weight is 435 g/mol. The highest BCUT2D eigenvalue weighted by Crippen LogP contribution is 2.30. The number of hydrogen-bond donors (Lipinski definition) is 0. The third-order valence-electron chi connectivity index (χ3n) is 6.49. The highest BCUT2D eigenvalue weighted by Gasteiger charge is 2.20. The second-order valence-corrected chi connectivity index (χ2v) is 9.05. The van der Waals surface area contributed by atoms with Crippen molar-refractivity contribution in [3.63, 3.8) is 0 Å². The molecule has 2 aromatic carbocycles. The Kier molecular flexibility index (Phi) is 6.35. The SMILES string of the molecule is CCC(C)(C)c1ccc(OCCCC(=O)Oc2ccc3c4c(c(=O)oc3c2)CCC4)cc1. The van der Waals surface area contributed by atoms with Crippen molar-refractivity contribution in [3.8, 4) is 11.5 Å². The summed E-state index contributed by atoms with van der Waals surface area (Å²) < 4.78 is 16.7. The summed E-state index contributed by atoms with van der Waals surface area (Å²) in [4.78, 5) is 24.4. The Morgan fingerprint density at radius 3 is 2.50 bits per heavy atom. The van der Waals surface area contributed by atoms with E-state index in [-0.39, 0.29) is 23.4 Å². The normalized spacial score (nSPS) is 13.2. The summed E-state index contributed by atoms with van der Waals surface area (Å²) in [6, 6.07) is 13.4. The number of carbonyl (C=O) groups is 1. The van der Waals surface area contributed by atoms with Gasteiger partial charge in [-0.25, -0.2) is 4.79 Å². The van der Waals surface area contributed by atoms with E-state index in [1.807, 2.05) is 18.2 Å². The molecular formula is C27H30O5. The average Bonchev–Trinajstić information content (AvgIpc) is 3.28. The van der Waals surface area contributed by atoms with E-state index in [0.717, 1.165) is 47.9 Å². The predicted molar refractivity (Wildman–Crippen MR) is 125 cm³/mol. The van der Waals surface area contributed by atoms with Crippen LogP contribution in [-0.4, -0.2) is 12.6 Å². The minimum Gasteiger partial charge on any atom is -0.494 e. The summed E-state index contributed by atoms with van der Waals surface area (Å²) in [5.74, 6) is 0.848. The molecule has 0 radical (unpaired) electrons. The number of fused-ring (bicyclic) bond motifs is 3. The standard InChI is InChI=1S/C27H30O5/c1-4-27(2,3)18-10-12-19(13-11-18)30-16-6-9-25(28)31-20-14-15-22-21-7-5-8-23(21)26(29)32-24(22)17-20/h10-15,17H,4-9,16H2,1-3H3. The van der Waals surface area contributed by atoms with E-state index in [1.54, 1.807) is 12.1 Å². The minimum absolute atomic E-state index is 0.146. The van der Waals surface area contributed by atoms with Crippen LogP contribution < -0.4 is 15.1 Å². The maximum absolute atomic E-state index is 12.2. The molecule has 1 heterocycles. The van der Waals surface area contributed by atoms with Gasteiger partial charge < -0.3 is 13.9 Å². The molecule has 0 unspecified atom stereocenters. The summed E-state index contributed by atoms with van der Waals surface area (Å²) in [6.07, 6.45) is 4.49. The largest absolute Gasteiger partial charge is 0.494 e. The molecule has 0 spiro atoms. The van der Waals surface area contributed by atoms with Crippen molar-refractivity contribution in [2.24, 2.45) is 0 Å². The van der Waals surface area contributed by atoms with Gasteiger partial charge in [-0.15, -0.1) is 0 Å².